The molecule has 1 aromatic heterocycles. The Morgan fingerprint density at radius 2 is 1.57 bits per heavy atom. The van der Waals surface area contributed by atoms with E-state index >= 15 is 0 Å². The molecule has 2 atom stereocenters. The van der Waals surface area contributed by atoms with E-state index in [1.807, 2.05) is 53.8 Å². The lowest BCUT2D eigenvalue weighted by Crippen LogP contribution is -2.37. The molecule has 0 bridgehead atoms. The lowest BCUT2D eigenvalue weighted by molar-refractivity contribution is -0.0362. The van der Waals surface area contributed by atoms with E-state index in [1.165, 1.54) is 22.5 Å². The molecule has 5 nitrogen and oxygen atoms in total. The van der Waals surface area contributed by atoms with Crippen molar-refractivity contribution in [3.05, 3.63) is 89.4 Å². The molecule has 0 radical (unpaired) electrons. The Bertz CT molecular complexity index is 1250. The molecule has 2 aliphatic heterocycles. The zero-order valence-corrected chi connectivity index (χ0v) is 21.9. The summed E-state index contributed by atoms with van der Waals surface area (Å²) in [5, 5.41) is 1.32. The van der Waals surface area contributed by atoms with Gasteiger partial charge in [0, 0.05) is 12.5 Å². The van der Waals surface area contributed by atoms with Crippen LogP contribution in [0.1, 0.15) is 48.3 Å². The first-order chi connectivity index (χ1) is 18.3. The average molecular weight is 515 g/mol. The number of rotatable bonds is 9. The van der Waals surface area contributed by atoms with Gasteiger partial charge in [0.15, 0.2) is 23.7 Å². The van der Waals surface area contributed by atoms with Crippen LogP contribution in [-0.4, -0.2) is 48.8 Å². The topological polar surface area (TPSA) is 43.8 Å². The van der Waals surface area contributed by atoms with Crippen molar-refractivity contribution < 1.29 is 14.2 Å². The Balaban J connectivity index is 0.930. The minimum atomic E-state index is -0.173. The summed E-state index contributed by atoms with van der Waals surface area (Å²) in [4.78, 5) is 7.50. The maximum atomic E-state index is 6.33. The molecular formula is C31H34N2O3S. The molecule has 6 heteroatoms. The van der Waals surface area contributed by atoms with E-state index in [2.05, 4.69) is 41.3 Å². The van der Waals surface area contributed by atoms with Crippen LogP contribution in [0, 0.1) is 0 Å². The first kappa shape index (κ1) is 24.4. The van der Waals surface area contributed by atoms with Crippen LogP contribution in [0.3, 0.4) is 0 Å². The fraction of sp³-hybridized carbons (Fsp3) is 0.387. The SMILES string of the molecule is c1ccc(C2Oc3ccccc3OC2COCCCCN2CCC(c3nc4ccccc4s3)CC2)cc1. The van der Waals surface area contributed by atoms with Crippen molar-refractivity contribution in [1.82, 2.24) is 9.88 Å². The number of hydrogen-bond acceptors (Lipinski definition) is 6. The van der Waals surface area contributed by atoms with E-state index in [0.29, 0.717) is 12.5 Å². The third kappa shape index (κ3) is 5.82. The first-order valence-electron chi connectivity index (χ1n) is 13.5. The third-order valence-corrected chi connectivity index (χ3v) is 8.59. The van der Waals surface area contributed by atoms with Crippen LogP contribution in [0.5, 0.6) is 11.5 Å². The minimum absolute atomic E-state index is 0.168. The highest BCUT2D eigenvalue weighted by molar-refractivity contribution is 7.18. The van der Waals surface area contributed by atoms with Gasteiger partial charge in [-0.15, -0.1) is 11.3 Å². The fourth-order valence-electron chi connectivity index (χ4n) is 5.34. The Morgan fingerprint density at radius 3 is 2.38 bits per heavy atom. The predicted octanol–water partition coefficient (Wildman–Crippen LogP) is 6.85. The van der Waals surface area contributed by atoms with Gasteiger partial charge < -0.3 is 19.1 Å². The zero-order chi connectivity index (χ0) is 24.9. The van der Waals surface area contributed by atoms with Crippen molar-refractivity contribution in [3.8, 4) is 11.5 Å². The van der Waals surface area contributed by atoms with Crippen molar-refractivity contribution in [2.24, 2.45) is 0 Å². The molecular weight excluding hydrogens is 480 g/mol. The van der Waals surface area contributed by atoms with Crippen LogP contribution in [0.4, 0.5) is 0 Å². The maximum Gasteiger partial charge on any atom is 0.163 e. The molecule has 1 saturated heterocycles. The molecule has 4 aromatic rings. The number of aromatic nitrogens is 1. The Labute approximate surface area is 223 Å². The quantitative estimate of drug-likeness (QED) is 0.229. The highest BCUT2D eigenvalue weighted by atomic mass is 32.1. The van der Waals surface area contributed by atoms with Crippen molar-refractivity contribution in [2.45, 2.75) is 43.8 Å². The summed E-state index contributed by atoms with van der Waals surface area (Å²) >= 11 is 1.87. The second-order valence-corrected chi connectivity index (χ2v) is 11.0. The monoisotopic (exact) mass is 514 g/mol. The van der Waals surface area contributed by atoms with Gasteiger partial charge in [0.05, 0.1) is 21.8 Å². The number of unbranched alkanes of at least 4 members (excludes halogenated alkanes) is 1. The van der Waals surface area contributed by atoms with Gasteiger partial charge in [0.2, 0.25) is 0 Å². The fourth-order valence-corrected chi connectivity index (χ4v) is 6.47. The number of thiazole rings is 1. The lowest BCUT2D eigenvalue weighted by Gasteiger charge is -2.34. The van der Waals surface area contributed by atoms with Gasteiger partial charge in [-0.1, -0.05) is 54.6 Å². The smallest absolute Gasteiger partial charge is 0.163 e. The number of piperidine rings is 1. The zero-order valence-electron chi connectivity index (χ0n) is 21.1. The lowest BCUT2D eigenvalue weighted by atomic mass is 9.97. The molecule has 0 amide bonds. The second kappa shape index (κ2) is 11.6. The number of hydrogen-bond donors (Lipinski definition) is 0. The van der Waals surface area contributed by atoms with Gasteiger partial charge in [-0.05, 0) is 75.1 Å². The predicted molar refractivity (Wildman–Crippen MR) is 149 cm³/mol. The summed E-state index contributed by atoms with van der Waals surface area (Å²) in [6, 6.07) is 26.7. The number of likely N-dealkylation sites (tertiary alicyclic amines) is 1. The molecule has 2 aliphatic rings. The third-order valence-electron chi connectivity index (χ3n) is 7.39. The Hall–Kier alpha value is -2.93. The average Bonchev–Trinajstić information content (AvgIpc) is 3.40. The van der Waals surface area contributed by atoms with Crippen molar-refractivity contribution >= 4 is 21.6 Å². The largest absolute Gasteiger partial charge is 0.480 e. The van der Waals surface area contributed by atoms with Crippen LogP contribution in [-0.2, 0) is 4.74 Å². The highest BCUT2D eigenvalue weighted by Gasteiger charge is 2.33. The van der Waals surface area contributed by atoms with Crippen molar-refractivity contribution in [3.63, 3.8) is 0 Å². The minimum Gasteiger partial charge on any atom is -0.480 e. The molecule has 0 saturated carbocycles. The normalized spacial score (nSPS) is 20.3. The van der Waals surface area contributed by atoms with E-state index in [1.54, 1.807) is 0 Å². The van der Waals surface area contributed by atoms with Gasteiger partial charge in [0.25, 0.3) is 0 Å². The summed E-state index contributed by atoms with van der Waals surface area (Å²) < 4.78 is 20.0. The van der Waals surface area contributed by atoms with E-state index in [-0.39, 0.29) is 12.2 Å². The van der Waals surface area contributed by atoms with Crippen molar-refractivity contribution in [2.75, 3.05) is 32.8 Å². The maximum absolute atomic E-state index is 6.33. The number of fused-ring (bicyclic) bond motifs is 2. The second-order valence-electron chi connectivity index (χ2n) is 9.97. The van der Waals surface area contributed by atoms with Crippen LogP contribution < -0.4 is 9.47 Å². The number of para-hydroxylation sites is 3. The summed E-state index contributed by atoms with van der Waals surface area (Å²) in [6.07, 6.45) is 4.28. The van der Waals surface area contributed by atoms with Crippen LogP contribution in [0.2, 0.25) is 0 Å². The van der Waals surface area contributed by atoms with E-state index < -0.39 is 0 Å². The molecule has 0 spiro atoms. The number of nitrogens with zero attached hydrogens (tertiary/aromatic N) is 2. The molecule has 0 N–H and O–H groups in total. The molecule has 1 fully saturated rings. The van der Waals surface area contributed by atoms with Crippen LogP contribution in [0.25, 0.3) is 10.2 Å². The van der Waals surface area contributed by atoms with Crippen LogP contribution >= 0.6 is 11.3 Å². The number of benzene rings is 3. The molecule has 6 rings (SSSR count). The van der Waals surface area contributed by atoms with E-state index in [0.717, 1.165) is 61.7 Å². The molecule has 2 unspecified atom stereocenters. The molecule has 3 aromatic carbocycles. The van der Waals surface area contributed by atoms with E-state index in [4.69, 9.17) is 19.2 Å². The standard InChI is InChI=1S/C31H34N2O3S/c1-2-10-23(11-3-1)30-28(35-26-13-5-6-14-27(26)36-30)22-34-21-9-8-18-33-19-16-24(17-20-33)31-32-25-12-4-7-15-29(25)37-31/h1-7,10-15,24,28,30H,8-9,16-22H2. The molecule has 37 heavy (non-hydrogen) atoms. The molecule has 0 aliphatic carbocycles. The van der Waals surface area contributed by atoms with Gasteiger partial charge in [-0.25, -0.2) is 4.98 Å². The summed E-state index contributed by atoms with van der Waals surface area (Å²) in [7, 11) is 0. The van der Waals surface area contributed by atoms with Gasteiger partial charge in [0.1, 0.15) is 0 Å². The Morgan fingerprint density at radius 1 is 0.838 bits per heavy atom. The van der Waals surface area contributed by atoms with Gasteiger partial charge >= 0.3 is 0 Å². The summed E-state index contributed by atoms with van der Waals surface area (Å²) in [6.45, 7) is 4.71. The van der Waals surface area contributed by atoms with E-state index in [9.17, 15) is 0 Å². The van der Waals surface area contributed by atoms with Gasteiger partial charge in [-0.2, -0.15) is 0 Å². The summed E-state index contributed by atoms with van der Waals surface area (Å²) in [5.41, 5.74) is 2.26. The highest BCUT2D eigenvalue weighted by Crippen LogP contribution is 2.39. The summed E-state index contributed by atoms with van der Waals surface area (Å²) in [5.74, 6) is 2.19. The first-order valence-corrected chi connectivity index (χ1v) is 14.3. The van der Waals surface area contributed by atoms with Gasteiger partial charge in [-0.3, -0.25) is 0 Å². The molecule has 192 valence electrons. The number of ether oxygens (including phenoxy) is 3. The van der Waals surface area contributed by atoms with Crippen LogP contribution in [0.15, 0.2) is 78.9 Å². The van der Waals surface area contributed by atoms with Crippen molar-refractivity contribution in [1.29, 1.82) is 0 Å². The molecule has 3 heterocycles. The Kier molecular flexibility index (Phi) is 7.67.